The van der Waals surface area contributed by atoms with Gasteiger partial charge in [-0.1, -0.05) is 23.8 Å². The van der Waals surface area contributed by atoms with Crippen LogP contribution < -0.4 is 0 Å². The van der Waals surface area contributed by atoms with Crippen LogP contribution in [0.4, 0.5) is 0 Å². The van der Waals surface area contributed by atoms with Gasteiger partial charge in [0.15, 0.2) is 0 Å². The Labute approximate surface area is 108 Å². The molecular weight excluding hydrogens is 226 g/mol. The predicted molar refractivity (Wildman–Crippen MR) is 70.7 cm³/mol. The number of hydrogen-bond acceptors (Lipinski definition) is 3. The van der Waals surface area contributed by atoms with Gasteiger partial charge in [0.2, 0.25) is 0 Å². The molecule has 0 N–H and O–H groups in total. The molecule has 18 heavy (non-hydrogen) atoms. The zero-order chi connectivity index (χ0) is 13.7. The highest BCUT2D eigenvalue weighted by Gasteiger charge is 2.12. The van der Waals surface area contributed by atoms with Gasteiger partial charge >= 0.3 is 5.97 Å². The molecule has 0 aliphatic carbocycles. The van der Waals surface area contributed by atoms with Crippen molar-refractivity contribution in [2.75, 3.05) is 0 Å². The number of aryl methyl sites for hydroxylation is 2. The molecule has 94 valence electrons. The fourth-order valence-electron chi connectivity index (χ4n) is 1.49. The second kappa shape index (κ2) is 6.02. The number of benzene rings is 1. The summed E-state index contributed by atoms with van der Waals surface area (Å²) in [4.78, 5) is 11.7. The summed E-state index contributed by atoms with van der Waals surface area (Å²) in [7, 11) is 0. The summed E-state index contributed by atoms with van der Waals surface area (Å²) in [6.45, 7) is 7.42. The molecule has 0 spiro atoms. The molecule has 0 bridgehead atoms. The number of ether oxygens (including phenoxy) is 1. The first-order chi connectivity index (χ1) is 8.43. The Morgan fingerprint density at radius 1 is 1.39 bits per heavy atom. The highest BCUT2D eigenvalue weighted by atomic mass is 16.5. The van der Waals surface area contributed by atoms with Crippen LogP contribution in [0, 0.1) is 25.2 Å². The number of carbonyl (C=O) groups is 1. The molecule has 0 heterocycles. The maximum absolute atomic E-state index is 11.7. The first kappa shape index (κ1) is 14.0. The lowest BCUT2D eigenvalue weighted by atomic mass is 10.0. The van der Waals surface area contributed by atoms with Crippen LogP contribution in [0.5, 0.6) is 0 Å². The minimum absolute atomic E-state index is 0.0254. The molecule has 0 atom stereocenters. The van der Waals surface area contributed by atoms with E-state index in [1.165, 1.54) is 0 Å². The van der Waals surface area contributed by atoms with E-state index in [1.54, 1.807) is 19.9 Å². The smallest absolute Gasteiger partial charge is 0.349 e. The Hall–Kier alpha value is -2.08. The molecule has 0 fully saturated rings. The van der Waals surface area contributed by atoms with Crippen LogP contribution in [0.2, 0.25) is 0 Å². The minimum atomic E-state index is -0.576. The van der Waals surface area contributed by atoms with E-state index >= 15 is 0 Å². The molecule has 1 aromatic rings. The van der Waals surface area contributed by atoms with Crippen molar-refractivity contribution in [1.29, 1.82) is 5.26 Å². The molecule has 0 aliphatic heterocycles. The van der Waals surface area contributed by atoms with Crippen LogP contribution in [-0.4, -0.2) is 12.1 Å². The van der Waals surface area contributed by atoms with Gasteiger partial charge in [-0.25, -0.2) is 4.79 Å². The van der Waals surface area contributed by atoms with E-state index < -0.39 is 5.97 Å². The number of nitriles is 1. The van der Waals surface area contributed by atoms with Crippen LogP contribution in [0.1, 0.15) is 30.5 Å². The molecule has 1 rings (SSSR count). The fraction of sp³-hybridized carbons (Fsp3) is 0.333. The zero-order valence-electron chi connectivity index (χ0n) is 11.2. The van der Waals surface area contributed by atoms with Crippen molar-refractivity contribution in [3.05, 3.63) is 40.5 Å². The van der Waals surface area contributed by atoms with E-state index in [4.69, 9.17) is 10.00 Å². The lowest BCUT2D eigenvalue weighted by molar-refractivity contribution is -0.142. The molecule has 0 aliphatic rings. The van der Waals surface area contributed by atoms with Gasteiger partial charge in [-0.2, -0.15) is 5.26 Å². The van der Waals surface area contributed by atoms with E-state index in [9.17, 15) is 4.79 Å². The second-order valence-electron chi connectivity index (χ2n) is 4.48. The first-order valence-corrected chi connectivity index (χ1v) is 5.84. The maximum Gasteiger partial charge on any atom is 0.349 e. The number of rotatable bonds is 3. The molecule has 3 nitrogen and oxygen atoms in total. The standard InChI is InChI=1S/C15H17NO2/c1-10(2)18-15(17)14(9-16)8-13-7-11(3)5-6-12(13)4/h5-8,10H,1-4H3/b14-8+. The van der Waals surface area contributed by atoms with Crippen LogP contribution >= 0.6 is 0 Å². The normalized spacial score (nSPS) is 11.2. The van der Waals surface area contributed by atoms with Crippen LogP contribution in [0.15, 0.2) is 23.8 Å². The molecule has 0 saturated heterocycles. The highest BCUT2D eigenvalue weighted by Crippen LogP contribution is 2.15. The van der Waals surface area contributed by atoms with Gasteiger partial charge in [0.25, 0.3) is 0 Å². The monoisotopic (exact) mass is 243 g/mol. The predicted octanol–water partition coefficient (Wildman–Crippen LogP) is 3.16. The van der Waals surface area contributed by atoms with Crippen LogP contribution in [0.25, 0.3) is 6.08 Å². The second-order valence-corrected chi connectivity index (χ2v) is 4.48. The number of hydrogen-bond donors (Lipinski definition) is 0. The third-order valence-electron chi connectivity index (χ3n) is 2.42. The Balaban J connectivity index is 3.08. The van der Waals surface area contributed by atoms with E-state index in [0.717, 1.165) is 16.7 Å². The average molecular weight is 243 g/mol. The third-order valence-corrected chi connectivity index (χ3v) is 2.42. The largest absolute Gasteiger partial charge is 0.459 e. The van der Waals surface area contributed by atoms with Crippen molar-refractivity contribution in [1.82, 2.24) is 0 Å². The highest BCUT2D eigenvalue weighted by molar-refractivity contribution is 5.98. The Morgan fingerprint density at radius 3 is 2.61 bits per heavy atom. The lowest BCUT2D eigenvalue weighted by Crippen LogP contribution is -2.12. The van der Waals surface area contributed by atoms with Crippen LogP contribution in [-0.2, 0) is 9.53 Å². The molecule has 0 radical (unpaired) electrons. The van der Waals surface area contributed by atoms with Crippen molar-refractivity contribution in [3.8, 4) is 6.07 Å². The van der Waals surface area contributed by atoms with Gasteiger partial charge in [-0.15, -0.1) is 0 Å². The van der Waals surface area contributed by atoms with Crippen molar-refractivity contribution in [2.45, 2.75) is 33.8 Å². The molecule has 0 saturated carbocycles. The maximum atomic E-state index is 11.7. The van der Waals surface area contributed by atoms with Gasteiger partial charge in [0.1, 0.15) is 11.6 Å². The summed E-state index contributed by atoms with van der Waals surface area (Å²) >= 11 is 0. The first-order valence-electron chi connectivity index (χ1n) is 5.84. The SMILES string of the molecule is Cc1ccc(C)c(/C=C(\C#N)C(=O)OC(C)C)c1. The van der Waals surface area contributed by atoms with Gasteiger partial charge in [-0.3, -0.25) is 0 Å². The minimum Gasteiger partial charge on any atom is -0.459 e. The molecular formula is C15H17NO2. The summed E-state index contributed by atoms with van der Waals surface area (Å²) in [6, 6.07) is 7.78. The molecule has 0 amide bonds. The Kier molecular flexibility index (Phi) is 4.67. The number of nitrogens with zero attached hydrogens (tertiary/aromatic N) is 1. The topological polar surface area (TPSA) is 50.1 Å². The Morgan fingerprint density at radius 2 is 2.06 bits per heavy atom. The summed E-state index contributed by atoms with van der Waals surface area (Å²) in [5.74, 6) is -0.576. The average Bonchev–Trinajstić information content (AvgIpc) is 2.29. The quantitative estimate of drug-likeness (QED) is 0.465. The molecule has 1 aromatic carbocycles. The number of esters is 1. The fourth-order valence-corrected chi connectivity index (χ4v) is 1.49. The summed E-state index contributed by atoms with van der Waals surface area (Å²) in [5.41, 5.74) is 3.00. The third kappa shape index (κ3) is 3.74. The van der Waals surface area contributed by atoms with E-state index in [1.807, 2.05) is 38.1 Å². The van der Waals surface area contributed by atoms with Crippen LogP contribution in [0.3, 0.4) is 0 Å². The summed E-state index contributed by atoms with van der Waals surface area (Å²) in [6.07, 6.45) is 1.35. The van der Waals surface area contributed by atoms with Gasteiger partial charge in [0.05, 0.1) is 6.10 Å². The molecule has 3 heteroatoms. The van der Waals surface area contributed by atoms with Gasteiger partial charge in [0, 0.05) is 0 Å². The summed E-state index contributed by atoms with van der Waals surface area (Å²) in [5, 5.41) is 9.01. The lowest BCUT2D eigenvalue weighted by Gasteiger charge is -2.07. The van der Waals surface area contributed by atoms with E-state index in [2.05, 4.69) is 0 Å². The van der Waals surface area contributed by atoms with Crippen molar-refractivity contribution < 1.29 is 9.53 Å². The van der Waals surface area contributed by atoms with Crippen molar-refractivity contribution in [3.63, 3.8) is 0 Å². The van der Waals surface area contributed by atoms with Gasteiger partial charge < -0.3 is 4.74 Å². The molecule has 0 aromatic heterocycles. The summed E-state index contributed by atoms with van der Waals surface area (Å²) < 4.78 is 5.02. The zero-order valence-corrected chi connectivity index (χ0v) is 11.2. The number of carbonyl (C=O) groups excluding carboxylic acids is 1. The van der Waals surface area contributed by atoms with Crippen molar-refractivity contribution >= 4 is 12.0 Å². The van der Waals surface area contributed by atoms with Crippen molar-refractivity contribution in [2.24, 2.45) is 0 Å². The van der Waals surface area contributed by atoms with E-state index in [0.29, 0.717) is 0 Å². The Bertz CT molecular complexity index is 522. The van der Waals surface area contributed by atoms with E-state index in [-0.39, 0.29) is 11.7 Å². The molecule has 0 unspecified atom stereocenters. The van der Waals surface area contributed by atoms with Gasteiger partial charge in [-0.05, 0) is 44.9 Å².